The summed E-state index contributed by atoms with van der Waals surface area (Å²) in [5.74, 6) is 0.782. The Kier molecular flexibility index (Phi) is 5.52. The van der Waals surface area contributed by atoms with Crippen LogP contribution >= 0.6 is 11.6 Å². The minimum absolute atomic E-state index is 0.162. The van der Waals surface area contributed by atoms with E-state index in [1.165, 1.54) is 0 Å². The molecule has 0 radical (unpaired) electrons. The summed E-state index contributed by atoms with van der Waals surface area (Å²) in [6.07, 6.45) is 0.701. The molecule has 16 heavy (non-hydrogen) atoms. The van der Waals surface area contributed by atoms with Crippen molar-refractivity contribution in [2.75, 3.05) is 24.6 Å². The van der Waals surface area contributed by atoms with Crippen molar-refractivity contribution in [1.82, 2.24) is 4.98 Å². The van der Waals surface area contributed by atoms with Gasteiger partial charge < -0.3 is 15.1 Å². The summed E-state index contributed by atoms with van der Waals surface area (Å²) in [5.41, 5.74) is 0.488. The van der Waals surface area contributed by atoms with E-state index in [0.717, 1.165) is 18.9 Å². The molecule has 1 aromatic heterocycles. The highest BCUT2D eigenvalue weighted by molar-refractivity contribution is 6.31. The average Bonchev–Trinajstić information content (AvgIpc) is 2.32. The topological polar surface area (TPSA) is 56.6 Å². The van der Waals surface area contributed by atoms with Crippen molar-refractivity contribution in [2.24, 2.45) is 0 Å². The van der Waals surface area contributed by atoms with Gasteiger partial charge in [0.05, 0.1) is 17.3 Å². The van der Waals surface area contributed by atoms with Gasteiger partial charge >= 0.3 is 0 Å². The summed E-state index contributed by atoms with van der Waals surface area (Å²) in [4.78, 5) is 6.31. The van der Waals surface area contributed by atoms with E-state index in [9.17, 15) is 0 Å². The molecule has 90 valence electrons. The molecule has 0 aliphatic heterocycles. The maximum Gasteiger partial charge on any atom is 0.129 e. The lowest BCUT2D eigenvalue weighted by Gasteiger charge is -2.22. The first-order chi connectivity index (χ1) is 7.72. The number of hydrogen-bond acceptors (Lipinski definition) is 4. The smallest absolute Gasteiger partial charge is 0.129 e. The Morgan fingerprint density at radius 1 is 1.38 bits per heavy atom. The first-order valence-corrected chi connectivity index (χ1v) is 5.72. The van der Waals surface area contributed by atoms with Crippen molar-refractivity contribution in [3.8, 4) is 0 Å². The van der Waals surface area contributed by atoms with Gasteiger partial charge in [0, 0.05) is 19.7 Å². The second-order valence-corrected chi connectivity index (χ2v) is 3.82. The zero-order chi connectivity index (χ0) is 12.0. The normalized spacial score (nSPS) is 10.5. The van der Waals surface area contributed by atoms with Crippen LogP contribution in [0.3, 0.4) is 0 Å². The molecule has 5 heteroatoms. The van der Waals surface area contributed by atoms with Crippen molar-refractivity contribution in [1.29, 1.82) is 0 Å². The van der Waals surface area contributed by atoms with Gasteiger partial charge in [0.15, 0.2) is 0 Å². The largest absolute Gasteiger partial charge is 0.396 e. The number of aliphatic hydroxyl groups is 2. The monoisotopic (exact) mass is 244 g/mol. The molecule has 0 amide bonds. The fraction of sp³-hybridized carbons (Fsp3) is 0.545. The number of pyridine rings is 1. The Labute approximate surface area is 100 Å². The summed E-state index contributed by atoms with van der Waals surface area (Å²) in [7, 11) is 0. The maximum absolute atomic E-state index is 9.07. The third-order valence-corrected chi connectivity index (χ3v) is 2.69. The molecule has 0 atom stereocenters. The Hall–Kier alpha value is -0.840. The minimum atomic E-state index is -0.162. The zero-order valence-corrected chi connectivity index (χ0v) is 10.1. The lowest BCUT2D eigenvalue weighted by atomic mass is 10.3. The summed E-state index contributed by atoms with van der Waals surface area (Å²) < 4.78 is 0. The quantitative estimate of drug-likeness (QED) is 0.795. The fourth-order valence-corrected chi connectivity index (χ4v) is 1.62. The Balaban J connectivity index is 2.83. The van der Waals surface area contributed by atoms with Crippen LogP contribution in [0.15, 0.2) is 12.1 Å². The standard InChI is InChI=1S/C11H17ClN2O2/c1-2-14(6-3-7-15)11-5-4-9(12)10(8-16)13-11/h4-5,15-16H,2-3,6-8H2,1H3. The van der Waals surface area contributed by atoms with E-state index in [2.05, 4.69) is 4.98 Å². The van der Waals surface area contributed by atoms with Gasteiger partial charge in [-0.3, -0.25) is 0 Å². The van der Waals surface area contributed by atoms with Gasteiger partial charge in [0.25, 0.3) is 0 Å². The fourth-order valence-electron chi connectivity index (χ4n) is 1.46. The van der Waals surface area contributed by atoms with Crippen LogP contribution in [-0.2, 0) is 6.61 Å². The van der Waals surface area contributed by atoms with E-state index < -0.39 is 0 Å². The van der Waals surface area contributed by atoms with Gasteiger partial charge in [-0.25, -0.2) is 4.98 Å². The minimum Gasteiger partial charge on any atom is -0.396 e. The lowest BCUT2D eigenvalue weighted by molar-refractivity contribution is 0.277. The van der Waals surface area contributed by atoms with Crippen LogP contribution in [0.1, 0.15) is 19.0 Å². The van der Waals surface area contributed by atoms with Crippen molar-refractivity contribution in [3.63, 3.8) is 0 Å². The van der Waals surface area contributed by atoms with Gasteiger partial charge in [-0.1, -0.05) is 11.6 Å². The number of nitrogens with zero attached hydrogens (tertiary/aromatic N) is 2. The van der Waals surface area contributed by atoms with Gasteiger partial charge in [0.2, 0.25) is 0 Å². The second-order valence-electron chi connectivity index (χ2n) is 3.41. The number of hydrogen-bond donors (Lipinski definition) is 2. The van der Waals surface area contributed by atoms with E-state index in [1.807, 2.05) is 17.9 Å². The van der Waals surface area contributed by atoms with Crippen LogP contribution in [0.5, 0.6) is 0 Å². The summed E-state index contributed by atoms with van der Waals surface area (Å²) in [5, 5.41) is 18.3. The molecule has 0 aliphatic rings. The van der Waals surface area contributed by atoms with Gasteiger partial charge in [-0.05, 0) is 25.5 Å². The van der Waals surface area contributed by atoms with Crippen LogP contribution in [0.2, 0.25) is 5.02 Å². The summed E-state index contributed by atoms with van der Waals surface area (Å²) >= 11 is 5.87. The van der Waals surface area contributed by atoms with Crippen LogP contribution in [0, 0.1) is 0 Å². The molecule has 0 fully saturated rings. The third kappa shape index (κ3) is 3.33. The molecule has 0 bridgehead atoms. The number of halogens is 1. The molecule has 1 heterocycles. The predicted octanol–water partition coefficient (Wildman–Crippen LogP) is 1.44. The summed E-state index contributed by atoms with van der Waals surface area (Å²) in [6, 6.07) is 3.55. The highest BCUT2D eigenvalue weighted by Crippen LogP contribution is 2.19. The van der Waals surface area contributed by atoms with E-state index >= 15 is 0 Å². The van der Waals surface area contributed by atoms with Crippen molar-refractivity contribution in [3.05, 3.63) is 22.8 Å². The molecule has 4 nitrogen and oxygen atoms in total. The maximum atomic E-state index is 9.07. The molecule has 1 rings (SSSR count). The van der Waals surface area contributed by atoms with Gasteiger partial charge in [0.1, 0.15) is 5.82 Å². The number of anilines is 1. The van der Waals surface area contributed by atoms with E-state index in [1.54, 1.807) is 6.07 Å². The van der Waals surface area contributed by atoms with Crippen molar-refractivity contribution >= 4 is 17.4 Å². The summed E-state index contributed by atoms with van der Waals surface area (Å²) in [6.45, 7) is 3.57. The van der Waals surface area contributed by atoms with Crippen molar-refractivity contribution in [2.45, 2.75) is 20.0 Å². The number of aliphatic hydroxyl groups excluding tert-OH is 2. The molecule has 2 N–H and O–H groups in total. The van der Waals surface area contributed by atoms with Crippen LogP contribution in [-0.4, -0.2) is 34.9 Å². The van der Waals surface area contributed by atoms with Crippen LogP contribution < -0.4 is 4.90 Å². The van der Waals surface area contributed by atoms with Crippen LogP contribution in [0.4, 0.5) is 5.82 Å². The lowest BCUT2D eigenvalue weighted by Crippen LogP contribution is -2.25. The molecular weight excluding hydrogens is 228 g/mol. The highest BCUT2D eigenvalue weighted by Gasteiger charge is 2.08. The molecule has 0 spiro atoms. The van der Waals surface area contributed by atoms with Crippen molar-refractivity contribution < 1.29 is 10.2 Å². The molecular formula is C11H17ClN2O2. The first-order valence-electron chi connectivity index (χ1n) is 5.35. The Morgan fingerprint density at radius 2 is 2.12 bits per heavy atom. The molecule has 0 aliphatic carbocycles. The SMILES string of the molecule is CCN(CCCO)c1ccc(Cl)c(CO)n1. The Morgan fingerprint density at radius 3 is 2.69 bits per heavy atom. The predicted molar refractivity (Wildman–Crippen MR) is 64.8 cm³/mol. The van der Waals surface area contributed by atoms with E-state index in [0.29, 0.717) is 17.1 Å². The highest BCUT2D eigenvalue weighted by atomic mass is 35.5. The van der Waals surface area contributed by atoms with E-state index in [4.69, 9.17) is 21.8 Å². The van der Waals surface area contributed by atoms with Gasteiger partial charge in [-0.2, -0.15) is 0 Å². The first kappa shape index (κ1) is 13.2. The average molecular weight is 245 g/mol. The second kappa shape index (κ2) is 6.68. The molecule has 0 unspecified atom stereocenters. The third-order valence-electron chi connectivity index (χ3n) is 2.35. The molecule has 0 saturated heterocycles. The number of aromatic nitrogens is 1. The molecule has 1 aromatic rings. The molecule has 0 aromatic carbocycles. The molecule has 0 saturated carbocycles. The van der Waals surface area contributed by atoms with Gasteiger partial charge in [-0.15, -0.1) is 0 Å². The Bertz CT molecular complexity index is 334. The van der Waals surface area contributed by atoms with E-state index in [-0.39, 0.29) is 13.2 Å². The number of rotatable bonds is 6. The van der Waals surface area contributed by atoms with Crippen LogP contribution in [0.25, 0.3) is 0 Å². The zero-order valence-electron chi connectivity index (χ0n) is 9.36.